The standard InChI is InChI=1S/C41H38N2/c1-7-20-34(21-8-1)40(35-22-9-2-10-23-35,36-24-11-3-12-25-36)42-32-19-33-43-41(37-26-13-4-14-27-37,38-28-15-5-16-29-38)39-30-17-6-18-31-39/h1-18,20-31,42-43H,19,32-33H2. The van der Waals surface area contributed by atoms with Gasteiger partial charge in [0.05, 0.1) is 11.1 Å². The molecule has 2 heteroatoms. The lowest BCUT2D eigenvalue weighted by molar-refractivity contribution is 0.428. The van der Waals surface area contributed by atoms with Gasteiger partial charge in [-0.05, 0) is 52.9 Å². The molecule has 6 rings (SSSR count). The van der Waals surface area contributed by atoms with Crippen LogP contribution in [0.2, 0.25) is 0 Å². The van der Waals surface area contributed by atoms with Crippen LogP contribution in [-0.2, 0) is 11.1 Å². The lowest BCUT2D eigenvalue weighted by atomic mass is 9.76. The van der Waals surface area contributed by atoms with Crippen molar-refractivity contribution in [1.29, 1.82) is 0 Å². The van der Waals surface area contributed by atoms with Gasteiger partial charge in [0, 0.05) is 0 Å². The van der Waals surface area contributed by atoms with Gasteiger partial charge in [-0.15, -0.1) is 0 Å². The molecule has 0 saturated carbocycles. The Morgan fingerprint density at radius 2 is 0.465 bits per heavy atom. The van der Waals surface area contributed by atoms with Crippen molar-refractivity contribution in [2.24, 2.45) is 0 Å². The minimum absolute atomic E-state index is 0.473. The predicted molar refractivity (Wildman–Crippen MR) is 179 cm³/mol. The van der Waals surface area contributed by atoms with Crippen LogP contribution in [0, 0.1) is 0 Å². The van der Waals surface area contributed by atoms with Gasteiger partial charge in [0.25, 0.3) is 0 Å². The SMILES string of the molecule is c1ccc(C(NCCCNC(c2ccccc2)(c2ccccc2)c2ccccc2)(c2ccccc2)c2ccccc2)cc1. The molecule has 43 heavy (non-hydrogen) atoms. The van der Waals surface area contributed by atoms with Crippen LogP contribution in [0.15, 0.2) is 182 Å². The van der Waals surface area contributed by atoms with Crippen LogP contribution in [0.25, 0.3) is 0 Å². The topological polar surface area (TPSA) is 24.1 Å². The Balaban J connectivity index is 1.33. The summed E-state index contributed by atoms with van der Waals surface area (Å²) in [5, 5.41) is 8.10. The normalized spacial score (nSPS) is 11.7. The second-order valence-electron chi connectivity index (χ2n) is 10.9. The Morgan fingerprint density at radius 1 is 0.279 bits per heavy atom. The lowest BCUT2D eigenvalue weighted by Crippen LogP contribution is -2.47. The summed E-state index contributed by atoms with van der Waals surface area (Å²) < 4.78 is 0. The molecular formula is C41H38N2. The first-order valence-corrected chi connectivity index (χ1v) is 15.2. The second kappa shape index (κ2) is 13.5. The van der Waals surface area contributed by atoms with Crippen molar-refractivity contribution in [2.45, 2.75) is 17.5 Å². The molecule has 0 aliphatic carbocycles. The van der Waals surface area contributed by atoms with Gasteiger partial charge in [0.15, 0.2) is 0 Å². The first-order valence-electron chi connectivity index (χ1n) is 15.2. The molecular weight excluding hydrogens is 520 g/mol. The molecule has 6 aromatic carbocycles. The molecule has 6 aromatic rings. The maximum Gasteiger partial charge on any atom is 0.0947 e. The van der Waals surface area contributed by atoms with E-state index in [0.717, 1.165) is 19.5 Å². The van der Waals surface area contributed by atoms with E-state index in [1.807, 2.05) is 0 Å². The molecule has 0 saturated heterocycles. The van der Waals surface area contributed by atoms with E-state index in [1.54, 1.807) is 0 Å². The molecule has 0 aromatic heterocycles. The maximum absolute atomic E-state index is 4.05. The zero-order valence-electron chi connectivity index (χ0n) is 24.4. The smallest absolute Gasteiger partial charge is 0.0947 e. The zero-order valence-corrected chi connectivity index (χ0v) is 24.4. The second-order valence-corrected chi connectivity index (χ2v) is 10.9. The van der Waals surface area contributed by atoms with Crippen LogP contribution in [0.1, 0.15) is 39.8 Å². The molecule has 0 fully saturated rings. The molecule has 212 valence electrons. The summed E-state index contributed by atoms with van der Waals surface area (Å²) in [5.74, 6) is 0. The third-order valence-corrected chi connectivity index (χ3v) is 8.37. The summed E-state index contributed by atoms with van der Waals surface area (Å²) in [6, 6.07) is 64.9. The van der Waals surface area contributed by atoms with Gasteiger partial charge < -0.3 is 0 Å². The van der Waals surface area contributed by atoms with Crippen LogP contribution in [-0.4, -0.2) is 13.1 Å². The molecule has 0 amide bonds. The van der Waals surface area contributed by atoms with Crippen LogP contribution in [0.3, 0.4) is 0 Å². The van der Waals surface area contributed by atoms with Gasteiger partial charge in [-0.3, -0.25) is 10.6 Å². The molecule has 0 bridgehead atoms. The van der Waals surface area contributed by atoms with Gasteiger partial charge in [-0.2, -0.15) is 0 Å². The zero-order chi connectivity index (χ0) is 29.2. The Labute approximate surface area is 256 Å². The van der Waals surface area contributed by atoms with E-state index in [-0.39, 0.29) is 0 Å². The summed E-state index contributed by atoms with van der Waals surface area (Å²) in [6.45, 7) is 1.64. The Kier molecular flexibility index (Phi) is 8.89. The molecule has 2 N–H and O–H groups in total. The fourth-order valence-corrected chi connectivity index (χ4v) is 6.38. The first-order chi connectivity index (χ1) is 21.3. The average molecular weight is 559 g/mol. The molecule has 0 radical (unpaired) electrons. The van der Waals surface area contributed by atoms with Gasteiger partial charge in [-0.25, -0.2) is 0 Å². The van der Waals surface area contributed by atoms with Gasteiger partial charge in [0.1, 0.15) is 0 Å². The Hall–Kier alpha value is -4.76. The molecule has 2 nitrogen and oxygen atoms in total. The highest BCUT2D eigenvalue weighted by Gasteiger charge is 2.37. The number of benzene rings is 6. The molecule has 0 heterocycles. The summed E-state index contributed by atoms with van der Waals surface area (Å²) in [5.41, 5.74) is 6.43. The number of nitrogens with one attached hydrogen (secondary N) is 2. The van der Waals surface area contributed by atoms with Crippen LogP contribution in [0.5, 0.6) is 0 Å². The van der Waals surface area contributed by atoms with E-state index in [2.05, 4.69) is 193 Å². The van der Waals surface area contributed by atoms with Crippen molar-refractivity contribution >= 4 is 0 Å². The lowest BCUT2D eigenvalue weighted by Gasteiger charge is -2.38. The summed E-state index contributed by atoms with van der Waals surface area (Å²) >= 11 is 0. The number of hydrogen-bond donors (Lipinski definition) is 2. The summed E-state index contributed by atoms with van der Waals surface area (Å²) in [4.78, 5) is 0. The number of rotatable bonds is 12. The predicted octanol–water partition coefficient (Wildman–Crippen LogP) is 8.54. The fourth-order valence-electron chi connectivity index (χ4n) is 6.38. The highest BCUT2D eigenvalue weighted by Crippen LogP contribution is 2.38. The van der Waals surface area contributed by atoms with E-state index in [9.17, 15) is 0 Å². The highest BCUT2D eigenvalue weighted by molar-refractivity contribution is 5.51. The molecule has 0 aliphatic heterocycles. The van der Waals surface area contributed by atoms with E-state index < -0.39 is 11.1 Å². The van der Waals surface area contributed by atoms with Crippen LogP contribution in [0.4, 0.5) is 0 Å². The maximum atomic E-state index is 4.05. The Bertz CT molecular complexity index is 1330. The number of hydrogen-bond acceptors (Lipinski definition) is 2. The van der Waals surface area contributed by atoms with Gasteiger partial charge in [0.2, 0.25) is 0 Å². The van der Waals surface area contributed by atoms with Crippen LogP contribution < -0.4 is 10.6 Å². The van der Waals surface area contributed by atoms with Crippen molar-refractivity contribution in [2.75, 3.05) is 13.1 Å². The quantitative estimate of drug-likeness (QED) is 0.116. The van der Waals surface area contributed by atoms with E-state index in [1.165, 1.54) is 33.4 Å². The Morgan fingerprint density at radius 3 is 0.651 bits per heavy atom. The molecule has 0 spiro atoms. The van der Waals surface area contributed by atoms with Gasteiger partial charge in [-0.1, -0.05) is 182 Å². The van der Waals surface area contributed by atoms with E-state index in [0.29, 0.717) is 0 Å². The van der Waals surface area contributed by atoms with Crippen molar-refractivity contribution in [3.05, 3.63) is 215 Å². The van der Waals surface area contributed by atoms with Gasteiger partial charge >= 0.3 is 0 Å². The van der Waals surface area contributed by atoms with Crippen molar-refractivity contribution in [3.8, 4) is 0 Å². The van der Waals surface area contributed by atoms with Crippen molar-refractivity contribution in [1.82, 2.24) is 10.6 Å². The third kappa shape index (κ3) is 5.81. The van der Waals surface area contributed by atoms with E-state index >= 15 is 0 Å². The molecule has 0 atom stereocenters. The molecule has 0 aliphatic rings. The monoisotopic (exact) mass is 558 g/mol. The minimum Gasteiger partial charge on any atom is -0.300 e. The first kappa shape index (κ1) is 28.4. The average Bonchev–Trinajstić information content (AvgIpc) is 3.11. The largest absolute Gasteiger partial charge is 0.300 e. The molecule has 0 unspecified atom stereocenters. The summed E-state index contributed by atoms with van der Waals surface area (Å²) in [7, 11) is 0. The third-order valence-electron chi connectivity index (χ3n) is 8.37. The van der Waals surface area contributed by atoms with Crippen molar-refractivity contribution in [3.63, 3.8) is 0 Å². The highest BCUT2D eigenvalue weighted by atomic mass is 15.0. The fraction of sp³-hybridized carbons (Fsp3) is 0.122. The summed E-state index contributed by atoms with van der Waals surface area (Å²) in [6.07, 6.45) is 0.933. The minimum atomic E-state index is -0.473. The van der Waals surface area contributed by atoms with Crippen molar-refractivity contribution < 1.29 is 0 Å². The van der Waals surface area contributed by atoms with E-state index in [4.69, 9.17) is 0 Å². The van der Waals surface area contributed by atoms with Crippen LogP contribution >= 0.6 is 0 Å².